The quantitative estimate of drug-likeness (QED) is 0.720. The van der Waals surface area contributed by atoms with Gasteiger partial charge in [0.05, 0.1) is 4.90 Å². The first-order chi connectivity index (χ1) is 8.91. The fourth-order valence-corrected chi connectivity index (χ4v) is 3.01. The number of nitrogens with zero attached hydrogens (tertiary/aromatic N) is 1. The number of benzene rings is 1. The summed E-state index contributed by atoms with van der Waals surface area (Å²) in [7, 11) is -1.84. The largest absolute Gasteiger partial charge is 0.242 e. The number of sulfonamides is 1. The summed E-state index contributed by atoms with van der Waals surface area (Å²) >= 11 is 0. The van der Waals surface area contributed by atoms with E-state index in [9.17, 15) is 8.42 Å². The highest BCUT2D eigenvalue weighted by Crippen LogP contribution is 2.17. The third-order valence-electron chi connectivity index (χ3n) is 3.02. The highest BCUT2D eigenvalue weighted by molar-refractivity contribution is 7.89. The first-order valence-corrected chi connectivity index (χ1v) is 7.62. The van der Waals surface area contributed by atoms with Crippen molar-refractivity contribution in [3.05, 3.63) is 55.1 Å². The van der Waals surface area contributed by atoms with Gasteiger partial charge in [0.15, 0.2) is 0 Å². The second-order valence-electron chi connectivity index (χ2n) is 4.62. The summed E-state index contributed by atoms with van der Waals surface area (Å²) in [6.07, 6.45) is 4.26. The van der Waals surface area contributed by atoms with E-state index in [4.69, 9.17) is 0 Å². The molecule has 0 N–H and O–H groups in total. The first kappa shape index (κ1) is 15.7. The van der Waals surface area contributed by atoms with Crippen LogP contribution < -0.4 is 0 Å². The Morgan fingerprint density at radius 3 is 2.32 bits per heavy atom. The van der Waals surface area contributed by atoms with Gasteiger partial charge in [0.25, 0.3) is 0 Å². The van der Waals surface area contributed by atoms with Crippen LogP contribution >= 0.6 is 0 Å². The fraction of sp³-hybridized carbons (Fsp3) is 0.333. The van der Waals surface area contributed by atoms with Crippen molar-refractivity contribution >= 4 is 10.0 Å². The van der Waals surface area contributed by atoms with Gasteiger partial charge in [-0.25, -0.2) is 12.7 Å². The molecule has 1 rings (SSSR count). The van der Waals surface area contributed by atoms with E-state index >= 15 is 0 Å². The molecule has 0 aliphatic carbocycles. The van der Waals surface area contributed by atoms with Gasteiger partial charge in [-0.1, -0.05) is 29.8 Å². The van der Waals surface area contributed by atoms with Gasteiger partial charge in [-0.05, 0) is 31.4 Å². The van der Waals surface area contributed by atoms with E-state index in [0.29, 0.717) is 11.4 Å². The van der Waals surface area contributed by atoms with Gasteiger partial charge in [-0.15, -0.1) is 13.2 Å². The van der Waals surface area contributed by atoms with Crippen LogP contribution in [-0.4, -0.2) is 26.3 Å². The van der Waals surface area contributed by atoms with E-state index in [2.05, 4.69) is 13.2 Å². The van der Waals surface area contributed by atoms with Gasteiger partial charge < -0.3 is 0 Å². The van der Waals surface area contributed by atoms with Crippen molar-refractivity contribution in [2.75, 3.05) is 13.6 Å². The van der Waals surface area contributed by atoms with Gasteiger partial charge in [0.1, 0.15) is 0 Å². The van der Waals surface area contributed by atoms with Crippen LogP contribution in [0.15, 0.2) is 54.5 Å². The lowest BCUT2D eigenvalue weighted by Crippen LogP contribution is -2.31. The zero-order valence-corrected chi connectivity index (χ0v) is 12.4. The number of hydrogen-bond donors (Lipinski definition) is 0. The Kier molecular flexibility index (Phi) is 5.51. The Morgan fingerprint density at radius 1 is 1.26 bits per heavy atom. The minimum Gasteiger partial charge on any atom is -0.207 e. The highest BCUT2D eigenvalue weighted by atomic mass is 32.2. The van der Waals surface area contributed by atoms with Gasteiger partial charge in [-0.2, -0.15) is 0 Å². The van der Waals surface area contributed by atoms with Crippen molar-refractivity contribution in [1.29, 1.82) is 0 Å². The molecule has 0 spiro atoms. The first-order valence-electron chi connectivity index (χ1n) is 6.18. The Morgan fingerprint density at radius 2 is 1.84 bits per heavy atom. The van der Waals surface area contributed by atoms with Gasteiger partial charge in [0, 0.05) is 13.6 Å². The monoisotopic (exact) mass is 279 g/mol. The van der Waals surface area contributed by atoms with E-state index in [0.717, 1.165) is 12.0 Å². The van der Waals surface area contributed by atoms with Crippen molar-refractivity contribution in [2.24, 2.45) is 5.92 Å². The van der Waals surface area contributed by atoms with E-state index < -0.39 is 10.0 Å². The predicted molar refractivity (Wildman–Crippen MR) is 79.5 cm³/mol. The van der Waals surface area contributed by atoms with Crippen molar-refractivity contribution in [3.63, 3.8) is 0 Å². The second kappa shape index (κ2) is 6.68. The average Bonchev–Trinajstić information content (AvgIpc) is 2.38. The molecule has 0 aliphatic heterocycles. The molecule has 0 unspecified atom stereocenters. The molecule has 0 bridgehead atoms. The molecular formula is C15H21NO2S. The van der Waals surface area contributed by atoms with Gasteiger partial charge >= 0.3 is 0 Å². The zero-order valence-electron chi connectivity index (χ0n) is 11.5. The Balaban J connectivity index is 2.90. The summed E-state index contributed by atoms with van der Waals surface area (Å²) < 4.78 is 26.1. The molecular weight excluding hydrogens is 258 g/mol. The number of aryl methyl sites for hydroxylation is 1. The Bertz CT molecular complexity index is 532. The molecule has 3 nitrogen and oxygen atoms in total. The normalized spacial score (nSPS) is 13.2. The van der Waals surface area contributed by atoms with Crippen LogP contribution in [0.1, 0.15) is 12.0 Å². The van der Waals surface area contributed by atoms with Crippen molar-refractivity contribution in [3.8, 4) is 0 Å². The SMILES string of the molecule is C=CC[C@@H](C=C)CN(C)S(=O)(=O)c1ccc(C)cc1. The molecule has 1 aromatic rings. The number of hydrogen-bond acceptors (Lipinski definition) is 2. The minimum atomic E-state index is -3.43. The highest BCUT2D eigenvalue weighted by Gasteiger charge is 2.22. The second-order valence-corrected chi connectivity index (χ2v) is 6.66. The molecule has 4 heteroatoms. The zero-order chi connectivity index (χ0) is 14.5. The van der Waals surface area contributed by atoms with Crippen molar-refractivity contribution in [1.82, 2.24) is 4.31 Å². The van der Waals surface area contributed by atoms with Crippen LogP contribution in [0.3, 0.4) is 0 Å². The smallest absolute Gasteiger partial charge is 0.207 e. The molecule has 0 aliphatic rings. The summed E-state index contributed by atoms with van der Waals surface area (Å²) in [5, 5.41) is 0. The van der Waals surface area contributed by atoms with Crippen molar-refractivity contribution < 1.29 is 8.42 Å². The maximum Gasteiger partial charge on any atom is 0.242 e. The molecule has 0 saturated heterocycles. The summed E-state index contributed by atoms with van der Waals surface area (Å²) in [5.74, 6) is 0.0859. The maximum atomic E-state index is 12.4. The molecule has 0 saturated carbocycles. The Labute approximate surface area is 116 Å². The number of allylic oxidation sites excluding steroid dienone is 1. The number of rotatable bonds is 7. The van der Waals surface area contributed by atoms with Crippen LogP contribution in [-0.2, 0) is 10.0 Å². The molecule has 0 fully saturated rings. The molecule has 0 radical (unpaired) electrons. The lowest BCUT2D eigenvalue weighted by atomic mass is 10.1. The standard InChI is InChI=1S/C15H21NO2S/c1-5-7-14(6-2)12-16(4)19(17,18)15-10-8-13(3)9-11-15/h5-6,8-11,14H,1-2,7,12H2,3-4H3/t14-/m1/s1. The van der Waals surface area contributed by atoms with E-state index in [1.165, 1.54) is 4.31 Å². The summed E-state index contributed by atoms with van der Waals surface area (Å²) in [4.78, 5) is 0.321. The maximum absolute atomic E-state index is 12.4. The molecule has 19 heavy (non-hydrogen) atoms. The third-order valence-corrected chi connectivity index (χ3v) is 4.86. The summed E-state index contributed by atoms with van der Waals surface area (Å²) in [6.45, 7) is 9.74. The summed E-state index contributed by atoms with van der Waals surface area (Å²) in [5.41, 5.74) is 1.04. The predicted octanol–water partition coefficient (Wildman–Crippen LogP) is 2.99. The molecule has 0 amide bonds. The molecule has 104 valence electrons. The van der Waals surface area contributed by atoms with E-state index in [1.54, 1.807) is 43.5 Å². The van der Waals surface area contributed by atoms with Gasteiger partial charge in [0.2, 0.25) is 10.0 Å². The van der Waals surface area contributed by atoms with Crippen LogP contribution in [0.4, 0.5) is 0 Å². The van der Waals surface area contributed by atoms with Crippen LogP contribution in [0.5, 0.6) is 0 Å². The lowest BCUT2D eigenvalue weighted by molar-refractivity contribution is 0.424. The van der Waals surface area contributed by atoms with Crippen molar-refractivity contribution in [2.45, 2.75) is 18.2 Å². The minimum absolute atomic E-state index is 0.0859. The molecule has 0 heterocycles. The molecule has 1 atom stereocenters. The van der Waals surface area contributed by atoms with Crippen LogP contribution in [0.25, 0.3) is 0 Å². The molecule has 0 aromatic heterocycles. The van der Waals surface area contributed by atoms with E-state index in [-0.39, 0.29) is 5.92 Å². The lowest BCUT2D eigenvalue weighted by Gasteiger charge is -2.21. The van der Waals surface area contributed by atoms with Crippen LogP contribution in [0.2, 0.25) is 0 Å². The van der Waals surface area contributed by atoms with E-state index in [1.807, 2.05) is 6.92 Å². The van der Waals surface area contributed by atoms with Gasteiger partial charge in [-0.3, -0.25) is 0 Å². The van der Waals surface area contributed by atoms with Crippen LogP contribution in [0, 0.1) is 12.8 Å². The topological polar surface area (TPSA) is 37.4 Å². The third kappa shape index (κ3) is 4.04. The fourth-order valence-electron chi connectivity index (χ4n) is 1.78. The Hall–Kier alpha value is -1.39. The summed E-state index contributed by atoms with van der Waals surface area (Å²) in [6, 6.07) is 6.88. The average molecular weight is 279 g/mol. The molecule has 1 aromatic carbocycles.